The zero-order chi connectivity index (χ0) is 22.0. The van der Waals surface area contributed by atoms with Crippen molar-refractivity contribution in [1.29, 1.82) is 0 Å². The second-order valence-corrected chi connectivity index (χ2v) is 7.40. The first-order chi connectivity index (χ1) is 14.9. The van der Waals surface area contributed by atoms with Crippen LogP contribution < -0.4 is 0 Å². The molecule has 1 saturated heterocycles. The van der Waals surface area contributed by atoms with E-state index in [1.54, 1.807) is 29.3 Å². The Labute approximate surface area is 180 Å². The van der Waals surface area contributed by atoms with Crippen LogP contribution in [0.4, 0.5) is 10.3 Å². The fourth-order valence-corrected chi connectivity index (χ4v) is 3.54. The summed E-state index contributed by atoms with van der Waals surface area (Å²) in [4.78, 5) is 30.0. The van der Waals surface area contributed by atoms with Crippen LogP contribution in [-0.4, -0.2) is 71.4 Å². The van der Waals surface area contributed by atoms with Gasteiger partial charge in [-0.15, -0.1) is 0 Å². The number of rotatable bonds is 6. The summed E-state index contributed by atoms with van der Waals surface area (Å²) in [6.07, 6.45) is 2.82. The van der Waals surface area contributed by atoms with Crippen LogP contribution in [0.25, 0.3) is 0 Å². The molecule has 31 heavy (non-hydrogen) atoms. The molecule has 1 aliphatic rings. The van der Waals surface area contributed by atoms with Gasteiger partial charge in [-0.1, -0.05) is 22.7 Å². The summed E-state index contributed by atoms with van der Waals surface area (Å²) in [5.41, 5.74) is 0.719. The number of piperazine rings is 1. The molecule has 1 fully saturated rings. The fourth-order valence-electron chi connectivity index (χ4n) is 3.32. The van der Waals surface area contributed by atoms with Crippen molar-refractivity contribution in [3.05, 3.63) is 69.0 Å². The minimum Gasteiger partial charge on any atom is -0.390 e. The molecule has 0 aliphatic carbocycles. The molecule has 4 rings (SSSR count). The smallest absolute Gasteiger partial charge is 0.390 e. The average Bonchev–Trinajstić information content (AvgIpc) is 3.41. The zero-order valence-corrected chi connectivity index (χ0v) is 17.0. The van der Waals surface area contributed by atoms with Gasteiger partial charge in [0.1, 0.15) is 11.5 Å². The Balaban J connectivity index is 1.33. The molecule has 1 aliphatic heterocycles. The van der Waals surface area contributed by atoms with E-state index >= 15 is 0 Å². The Kier molecular flexibility index (Phi) is 5.91. The lowest BCUT2D eigenvalue weighted by Gasteiger charge is -2.34. The first-order valence-corrected chi connectivity index (χ1v) is 9.80. The third-order valence-corrected chi connectivity index (χ3v) is 5.29. The van der Waals surface area contributed by atoms with E-state index in [0.717, 1.165) is 0 Å². The van der Waals surface area contributed by atoms with Gasteiger partial charge >= 0.3 is 5.95 Å². The molecule has 3 heterocycles. The highest BCUT2D eigenvalue weighted by Crippen LogP contribution is 2.21. The number of carbonyl (C=O) groups excluding carboxylic acids is 1. The van der Waals surface area contributed by atoms with Crippen LogP contribution in [0.3, 0.4) is 0 Å². The Bertz CT molecular complexity index is 1090. The van der Waals surface area contributed by atoms with E-state index in [-0.39, 0.29) is 24.1 Å². The first-order valence-electron chi connectivity index (χ1n) is 9.42. The molecular formula is C18H18ClFN8O3. The third kappa shape index (κ3) is 4.70. The van der Waals surface area contributed by atoms with Crippen LogP contribution >= 0.6 is 11.6 Å². The minimum atomic E-state index is -0.686. The van der Waals surface area contributed by atoms with Gasteiger partial charge < -0.3 is 15.0 Å². The van der Waals surface area contributed by atoms with Crippen LogP contribution in [0, 0.1) is 15.9 Å². The highest BCUT2D eigenvalue weighted by molar-refractivity contribution is 6.31. The minimum absolute atomic E-state index is 0.0886. The van der Waals surface area contributed by atoms with Gasteiger partial charge in [0.15, 0.2) is 6.67 Å². The molecule has 2 aromatic heterocycles. The van der Waals surface area contributed by atoms with Crippen molar-refractivity contribution in [2.24, 2.45) is 0 Å². The van der Waals surface area contributed by atoms with Gasteiger partial charge in [0.2, 0.25) is 6.33 Å². The normalized spacial score (nSPS) is 14.7. The maximum absolute atomic E-state index is 14.0. The molecule has 0 atom stereocenters. The van der Waals surface area contributed by atoms with E-state index in [2.05, 4.69) is 15.2 Å². The summed E-state index contributed by atoms with van der Waals surface area (Å²) in [7, 11) is 0. The van der Waals surface area contributed by atoms with E-state index < -0.39 is 10.9 Å². The van der Waals surface area contributed by atoms with Crippen molar-refractivity contribution in [2.75, 3.05) is 26.2 Å². The number of nitrogens with zero attached hydrogens (tertiary/aromatic N) is 8. The second-order valence-electron chi connectivity index (χ2n) is 6.99. The van der Waals surface area contributed by atoms with Crippen LogP contribution in [0.5, 0.6) is 0 Å². The summed E-state index contributed by atoms with van der Waals surface area (Å²) in [6.45, 7) is 2.59. The monoisotopic (exact) mass is 448 g/mol. The van der Waals surface area contributed by atoms with E-state index in [4.69, 9.17) is 11.6 Å². The number of hydrogen-bond donors (Lipinski definition) is 0. The summed E-state index contributed by atoms with van der Waals surface area (Å²) in [5, 5.41) is 19.0. The number of aromatic nitrogens is 5. The Morgan fingerprint density at radius 3 is 2.61 bits per heavy atom. The Morgan fingerprint density at radius 2 is 1.94 bits per heavy atom. The van der Waals surface area contributed by atoms with Gasteiger partial charge in [0, 0.05) is 54.6 Å². The molecule has 0 bridgehead atoms. The third-order valence-electron chi connectivity index (χ3n) is 4.94. The van der Waals surface area contributed by atoms with Crippen molar-refractivity contribution in [3.8, 4) is 0 Å². The van der Waals surface area contributed by atoms with Gasteiger partial charge in [0.05, 0.1) is 0 Å². The van der Waals surface area contributed by atoms with Crippen LogP contribution in [0.15, 0.2) is 36.8 Å². The highest BCUT2D eigenvalue weighted by atomic mass is 35.5. The van der Waals surface area contributed by atoms with E-state index in [9.17, 15) is 19.3 Å². The molecule has 3 aromatic rings. The topological polar surface area (TPSA) is 115 Å². The van der Waals surface area contributed by atoms with E-state index in [0.29, 0.717) is 43.3 Å². The van der Waals surface area contributed by atoms with Gasteiger partial charge in [-0.2, -0.15) is 9.78 Å². The number of amides is 1. The fraction of sp³-hybridized carbons (Fsp3) is 0.333. The van der Waals surface area contributed by atoms with Crippen molar-refractivity contribution in [1.82, 2.24) is 34.3 Å². The van der Waals surface area contributed by atoms with Crippen LogP contribution in [-0.2, 0) is 13.2 Å². The molecule has 11 nitrogen and oxygen atoms in total. The maximum Gasteiger partial charge on any atom is 0.491 e. The number of nitro groups is 1. The van der Waals surface area contributed by atoms with Crippen molar-refractivity contribution >= 4 is 23.5 Å². The Hall–Kier alpha value is -3.38. The molecule has 162 valence electrons. The Morgan fingerprint density at radius 1 is 1.16 bits per heavy atom. The van der Waals surface area contributed by atoms with Crippen molar-refractivity contribution in [2.45, 2.75) is 13.2 Å². The molecule has 13 heteroatoms. The van der Waals surface area contributed by atoms with Crippen molar-refractivity contribution < 1.29 is 14.1 Å². The predicted octanol–water partition coefficient (Wildman–Crippen LogP) is 1.64. The highest BCUT2D eigenvalue weighted by Gasteiger charge is 2.25. The number of halogens is 2. The van der Waals surface area contributed by atoms with E-state index in [1.165, 1.54) is 21.8 Å². The van der Waals surface area contributed by atoms with Crippen molar-refractivity contribution in [3.63, 3.8) is 0 Å². The van der Waals surface area contributed by atoms with E-state index in [1.807, 2.05) is 4.90 Å². The molecule has 0 radical (unpaired) electrons. The number of benzene rings is 1. The van der Waals surface area contributed by atoms with Gasteiger partial charge in [-0.25, -0.2) is 9.07 Å². The lowest BCUT2D eigenvalue weighted by Crippen LogP contribution is -2.48. The summed E-state index contributed by atoms with van der Waals surface area (Å²) in [5.74, 6) is -1.06. The lowest BCUT2D eigenvalue weighted by atomic mass is 10.1. The largest absolute Gasteiger partial charge is 0.491 e. The summed E-state index contributed by atoms with van der Waals surface area (Å²) < 4.78 is 16.7. The molecule has 0 spiro atoms. The quantitative estimate of drug-likeness (QED) is 0.415. The number of hydrogen-bond acceptors (Lipinski definition) is 7. The lowest BCUT2D eigenvalue weighted by molar-refractivity contribution is -0.394. The first kappa shape index (κ1) is 20.9. The molecule has 1 aromatic carbocycles. The molecule has 0 unspecified atom stereocenters. The van der Waals surface area contributed by atoms with Gasteiger partial charge in [0.25, 0.3) is 5.91 Å². The van der Waals surface area contributed by atoms with Gasteiger partial charge in [-0.05, 0) is 23.1 Å². The molecule has 0 N–H and O–H groups in total. The number of carbonyl (C=O) groups is 1. The SMILES string of the molecule is O=C(c1ccn(Cn2cnc([N+](=O)[O-])n2)n1)N1CCN(Cc2c(F)cccc2Cl)CC1. The van der Waals surface area contributed by atoms with Crippen LogP contribution in [0.2, 0.25) is 5.02 Å². The molecule has 1 amide bonds. The molecule has 0 saturated carbocycles. The average molecular weight is 449 g/mol. The summed E-state index contributed by atoms with van der Waals surface area (Å²) >= 11 is 6.10. The maximum atomic E-state index is 14.0. The zero-order valence-electron chi connectivity index (χ0n) is 16.3. The summed E-state index contributed by atoms with van der Waals surface area (Å²) in [6, 6.07) is 6.20. The second kappa shape index (κ2) is 8.78. The standard InChI is InChI=1S/C18H18ClFN8O3/c19-14-2-1-3-15(20)13(14)10-24-6-8-25(9-7-24)17(29)16-4-5-26(22-16)12-27-11-21-18(23-27)28(30)31/h1-5,11H,6-10,12H2. The predicted molar refractivity (Wildman–Crippen MR) is 107 cm³/mol. The van der Waals surface area contributed by atoms with Crippen LogP contribution in [0.1, 0.15) is 16.1 Å². The molecular weight excluding hydrogens is 431 g/mol. The van der Waals surface area contributed by atoms with Gasteiger partial charge in [-0.3, -0.25) is 9.69 Å².